The van der Waals surface area contributed by atoms with Crippen LogP contribution in [0.25, 0.3) is 0 Å². The predicted molar refractivity (Wildman–Crippen MR) is 94.3 cm³/mol. The quantitative estimate of drug-likeness (QED) is 0.512. The van der Waals surface area contributed by atoms with E-state index in [0.29, 0.717) is 5.56 Å². The van der Waals surface area contributed by atoms with Crippen LogP contribution in [-0.4, -0.2) is 16.5 Å². The summed E-state index contributed by atoms with van der Waals surface area (Å²) in [6.45, 7) is 2.04. The van der Waals surface area contributed by atoms with Gasteiger partial charge >= 0.3 is 0 Å². The molecular weight excluding hydrogens is 318 g/mol. The van der Waals surface area contributed by atoms with E-state index in [1.807, 2.05) is 6.92 Å². The number of amides is 1. The summed E-state index contributed by atoms with van der Waals surface area (Å²) in [5.74, 6) is 2.18. The van der Waals surface area contributed by atoms with E-state index >= 15 is 0 Å². The fraction of sp³-hybridized carbons (Fsp3) is 0.579. The number of carbonyl (C=O) groups excluding carboxylic acids is 1. The first kappa shape index (κ1) is 16.2. The molecule has 0 heterocycles. The number of nitrogens with one attached hydrogen (secondary N) is 1. The smallest absolute Gasteiger partial charge is 0.267 e. The molecule has 25 heavy (non-hydrogen) atoms. The van der Waals surface area contributed by atoms with E-state index in [4.69, 9.17) is 0 Å². The minimum absolute atomic E-state index is 0.0233. The van der Waals surface area contributed by atoms with Crippen LogP contribution in [0.3, 0.4) is 0 Å². The third-order valence-corrected chi connectivity index (χ3v) is 6.47. The van der Waals surface area contributed by atoms with Crippen molar-refractivity contribution < 1.29 is 9.72 Å². The number of rotatable bonds is 4. The standard InChI is InChI=1S/C19H23N3O3/c1-12(19-9-13-6-14(10-19)8-15(7-13)11-19)20-21-18(23)16-2-4-17(5-3-16)22(24)25/h2-5,13-15H,6-11H2,1H3,(H,21,23)/b20-12-. The molecule has 1 amide bonds. The van der Waals surface area contributed by atoms with Crippen molar-refractivity contribution >= 4 is 17.3 Å². The molecular formula is C19H23N3O3. The molecule has 0 aliphatic heterocycles. The first-order chi connectivity index (χ1) is 11.9. The lowest BCUT2D eigenvalue weighted by Gasteiger charge is -2.56. The van der Waals surface area contributed by atoms with Gasteiger partial charge in [0.2, 0.25) is 0 Å². The van der Waals surface area contributed by atoms with Gasteiger partial charge in [-0.15, -0.1) is 0 Å². The van der Waals surface area contributed by atoms with E-state index in [-0.39, 0.29) is 17.0 Å². The number of hydrazone groups is 1. The Labute approximate surface area is 146 Å². The van der Waals surface area contributed by atoms with Gasteiger partial charge in [0.1, 0.15) is 0 Å². The normalized spacial score (nSPS) is 33.3. The molecule has 0 aromatic heterocycles. The number of nitrogens with zero attached hydrogens (tertiary/aromatic N) is 2. The van der Waals surface area contributed by atoms with Crippen molar-refractivity contribution in [1.82, 2.24) is 5.43 Å². The Morgan fingerprint density at radius 2 is 1.64 bits per heavy atom. The van der Waals surface area contributed by atoms with Crippen LogP contribution in [-0.2, 0) is 0 Å². The highest BCUT2D eigenvalue weighted by molar-refractivity contribution is 5.96. The molecule has 4 bridgehead atoms. The summed E-state index contributed by atoms with van der Waals surface area (Å²) in [5, 5.41) is 15.1. The second kappa shape index (κ2) is 5.93. The molecule has 4 saturated carbocycles. The second-order valence-electron chi connectivity index (χ2n) is 8.14. The van der Waals surface area contributed by atoms with Gasteiger partial charge in [-0.05, 0) is 75.3 Å². The van der Waals surface area contributed by atoms with E-state index in [0.717, 1.165) is 23.5 Å². The lowest BCUT2D eigenvalue weighted by atomic mass is 9.48. The van der Waals surface area contributed by atoms with Gasteiger partial charge in [0.25, 0.3) is 11.6 Å². The SMILES string of the molecule is C/C(=N/NC(=O)c1ccc([N+](=O)[O-])cc1)C12CC3CC(CC(C3)C1)C2. The van der Waals surface area contributed by atoms with Crippen molar-refractivity contribution in [2.75, 3.05) is 0 Å². The second-order valence-corrected chi connectivity index (χ2v) is 8.14. The summed E-state index contributed by atoms with van der Waals surface area (Å²) in [4.78, 5) is 22.5. The third-order valence-electron chi connectivity index (χ3n) is 6.47. The van der Waals surface area contributed by atoms with Crippen LogP contribution < -0.4 is 5.43 Å². The Balaban J connectivity index is 1.46. The molecule has 1 aromatic rings. The van der Waals surface area contributed by atoms with Gasteiger partial charge in [-0.2, -0.15) is 5.10 Å². The maximum absolute atomic E-state index is 12.3. The van der Waals surface area contributed by atoms with Gasteiger partial charge in [-0.1, -0.05) is 0 Å². The molecule has 0 unspecified atom stereocenters. The molecule has 4 fully saturated rings. The highest BCUT2D eigenvalue weighted by Gasteiger charge is 2.52. The van der Waals surface area contributed by atoms with Gasteiger partial charge in [-0.3, -0.25) is 14.9 Å². The first-order valence-corrected chi connectivity index (χ1v) is 9.05. The fourth-order valence-electron chi connectivity index (χ4n) is 5.61. The molecule has 1 aromatic carbocycles. The number of hydrogen-bond acceptors (Lipinski definition) is 4. The molecule has 5 rings (SSSR count). The third kappa shape index (κ3) is 2.94. The van der Waals surface area contributed by atoms with Crippen LogP contribution in [0.1, 0.15) is 55.8 Å². The number of nitro benzene ring substituents is 1. The van der Waals surface area contributed by atoms with Crippen LogP contribution in [0.2, 0.25) is 0 Å². The van der Waals surface area contributed by atoms with Crippen LogP contribution in [0, 0.1) is 33.3 Å². The van der Waals surface area contributed by atoms with E-state index < -0.39 is 4.92 Å². The molecule has 132 valence electrons. The molecule has 0 saturated heterocycles. The lowest BCUT2D eigenvalue weighted by molar-refractivity contribution is -0.384. The van der Waals surface area contributed by atoms with Gasteiger partial charge in [-0.25, -0.2) is 5.43 Å². The average Bonchev–Trinajstić information content (AvgIpc) is 2.58. The molecule has 4 aliphatic carbocycles. The summed E-state index contributed by atoms with van der Waals surface area (Å²) >= 11 is 0. The fourth-order valence-corrected chi connectivity index (χ4v) is 5.61. The highest BCUT2D eigenvalue weighted by atomic mass is 16.6. The predicted octanol–water partition coefficient (Wildman–Crippen LogP) is 3.92. The van der Waals surface area contributed by atoms with Crippen molar-refractivity contribution in [3.63, 3.8) is 0 Å². The van der Waals surface area contributed by atoms with Crippen molar-refractivity contribution in [2.45, 2.75) is 45.4 Å². The monoisotopic (exact) mass is 341 g/mol. The molecule has 6 nitrogen and oxygen atoms in total. The Bertz CT molecular complexity index is 704. The van der Waals surface area contributed by atoms with E-state index in [1.54, 1.807) is 0 Å². The zero-order chi connectivity index (χ0) is 17.6. The van der Waals surface area contributed by atoms with Gasteiger partial charge < -0.3 is 0 Å². The van der Waals surface area contributed by atoms with Crippen molar-refractivity contribution in [1.29, 1.82) is 0 Å². The zero-order valence-corrected chi connectivity index (χ0v) is 14.4. The van der Waals surface area contributed by atoms with Crippen molar-refractivity contribution in [2.24, 2.45) is 28.3 Å². The Morgan fingerprint density at radius 3 is 2.12 bits per heavy atom. The van der Waals surface area contributed by atoms with Gasteiger partial charge in [0.15, 0.2) is 0 Å². The molecule has 1 N–H and O–H groups in total. The maximum Gasteiger partial charge on any atom is 0.271 e. The summed E-state index contributed by atoms with van der Waals surface area (Å²) in [7, 11) is 0. The van der Waals surface area contributed by atoms with E-state index in [2.05, 4.69) is 10.5 Å². The minimum atomic E-state index is -0.475. The molecule has 0 spiro atoms. The van der Waals surface area contributed by atoms with Crippen molar-refractivity contribution in [3.05, 3.63) is 39.9 Å². The average molecular weight is 341 g/mol. The summed E-state index contributed by atoms with van der Waals surface area (Å²) < 4.78 is 0. The first-order valence-electron chi connectivity index (χ1n) is 9.05. The molecule has 0 radical (unpaired) electrons. The number of nitro groups is 1. The Morgan fingerprint density at radius 1 is 1.12 bits per heavy atom. The van der Waals surface area contributed by atoms with Crippen molar-refractivity contribution in [3.8, 4) is 0 Å². The van der Waals surface area contributed by atoms with E-state index in [1.165, 1.54) is 62.8 Å². The maximum atomic E-state index is 12.3. The van der Waals surface area contributed by atoms with Crippen LogP contribution in [0.5, 0.6) is 0 Å². The van der Waals surface area contributed by atoms with Crippen LogP contribution in [0.15, 0.2) is 29.4 Å². The topological polar surface area (TPSA) is 84.6 Å². The summed E-state index contributed by atoms with van der Waals surface area (Å²) in [5.41, 5.74) is 4.23. The van der Waals surface area contributed by atoms with Crippen LogP contribution >= 0.6 is 0 Å². The number of carbonyl (C=O) groups is 1. The number of hydrogen-bond donors (Lipinski definition) is 1. The molecule has 0 atom stereocenters. The largest absolute Gasteiger partial charge is 0.271 e. The van der Waals surface area contributed by atoms with Gasteiger partial charge in [0.05, 0.1) is 4.92 Å². The lowest BCUT2D eigenvalue weighted by Crippen LogP contribution is -2.49. The number of non-ortho nitro benzene ring substituents is 1. The summed E-state index contributed by atoms with van der Waals surface area (Å²) in [6.07, 6.45) is 7.76. The molecule has 4 aliphatic rings. The minimum Gasteiger partial charge on any atom is -0.267 e. The van der Waals surface area contributed by atoms with Crippen LogP contribution in [0.4, 0.5) is 5.69 Å². The molecule has 6 heteroatoms. The Hall–Kier alpha value is -2.24. The summed E-state index contributed by atoms with van der Waals surface area (Å²) in [6, 6.07) is 5.60. The van der Waals surface area contributed by atoms with E-state index in [9.17, 15) is 14.9 Å². The number of benzene rings is 1. The van der Waals surface area contributed by atoms with Gasteiger partial charge in [0, 0.05) is 28.8 Å². The Kier molecular flexibility index (Phi) is 3.85. The zero-order valence-electron chi connectivity index (χ0n) is 14.4. The highest BCUT2D eigenvalue weighted by Crippen LogP contribution is 2.60.